The molecule has 2 N–H and O–H groups in total. The van der Waals surface area contributed by atoms with Gasteiger partial charge in [-0.05, 0) is 49.6 Å². The molecule has 1 unspecified atom stereocenters. The zero-order chi connectivity index (χ0) is 17.2. The van der Waals surface area contributed by atoms with E-state index in [-0.39, 0.29) is 0 Å². The molecule has 0 aliphatic heterocycles. The molecular formula is C19H26N2O3. The van der Waals surface area contributed by atoms with Crippen LogP contribution in [0.3, 0.4) is 0 Å². The molecule has 2 rings (SSSR count). The van der Waals surface area contributed by atoms with Crippen LogP contribution < -0.4 is 10.1 Å². The summed E-state index contributed by atoms with van der Waals surface area (Å²) in [5.41, 5.74) is 2.28. The highest BCUT2D eigenvalue weighted by molar-refractivity contribution is 5.42. The van der Waals surface area contributed by atoms with Gasteiger partial charge in [0, 0.05) is 19.2 Å². The van der Waals surface area contributed by atoms with Gasteiger partial charge in [-0.2, -0.15) is 0 Å². The number of aliphatic hydroxyl groups is 1. The molecular weight excluding hydrogens is 304 g/mol. The van der Waals surface area contributed by atoms with Crippen LogP contribution in [0.15, 0.2) is 42.6 Å². The van der Waals surface area contributed by atoms with Crippen LogP contribution in [-0.2, 0) is 11.2 Å². The summed E-state index contributed by atoms with van der Waals surface area (Å²) in [4.78, 5) is 4.28. The summed E-state index contributed by atoms with van der Waals surface area (Å²) >= 11 is 0. The van der Waals surface area contributed by atoms with Crippen molar-refractivity contribution in [3.63, 3.8) is 0 Å². The van der Waals surface area contributed by atoms with E-state index in [2.05, 4.69) is 10.3 Å². The smallest absolute Gasteiger partial charge is 0.154 e. The van der Waals surface area contributed by atoms with Crippen molar-refractivity contribution in [3.05, 3.63) is 53.7 Å². The topological polar surface area (TPSA) is 63.6 Å². The number of aliphatic hydroxyl groups excluding tert-OH is 1. The predicted molar refractivity (Wildman–Crippen MR) is 95.4 cm³/mol. The van der Waals surface area contributed by atoms with Gasteiger partial charge in [0.05, 0.1) is 6.54 Å². The van der Waals surface area contributed by atoms with Gasteiger partial charge in [-0.1, -0.05) is 18.2 Å². The van der Waals surface area contributed by atoms with E-state index < -0.39 is 6.29 Å². The van der Waals surface area contributed by atoms with Crippen molar-refractivity contribution in [2.45, 2.75) is 33.0 Å². The lowest BCUT2D eigenvalue weighted by Gasteiger charge is -2.11. The number of anilines is 1. The van der Waals surface area contributed by atoms with Crippen molar-refractivity contribution in [2.75, 3.05) is 25.1 Å². The zero-order valence-corrected chi connectivity index (χ0v) is 14.4. The minimum absolute atomic E-state index is 0.528. The van der Waals surface area contributed by atoms with Crippen molar-refractivity contribution in [1.29, 1.82) is 0 Å². The van der Waals surface area contributed by atoms with Crippen LogP contribution in [-0.4, -0.2) is 36.1 Å². The number of hydrogen-bond donors (Lipinski definition) is 2. The average molecular weight is 330 g/mol. The molecule has 1 aromatic carbocycles. The Hall–Kier alpha value is -2.11. The second kappa shape index (κ2) is 9.90. The second-order valence-electron chi connectivity index (χ2n) is 5.54. The molecule has 5 heteroatoms. The van der Waals surface area contributed by atoms with Crippen LogP contribution in [0, 0.1) is 6.92 Å². The van der Waals surface area contributed by atoms with E-state index in [1.165, 1.54) is 0 Å². The Morgan fingerprint density at radius 1 is 1.21 bits per heavy atom. The maximum Gasteiger partial charge on any atom is 0.154 e. The van der Waals surface area contributed by atoms with E-state index in [9.17, 15) is 5.11 Å². The third kappa shape index (κ3) is 6.18. The third-order valence-corrected chi connectivity index (χ3v) is 3.64. The summed E-state index contributed by atoms with van der Waals surface area (Å²) in [5, 5.41) is 12.8. The van der Waals surface area contributed by atoms with Gasteiger partial charge < -0.3 is 19.9 Å². The molecule has 0 aliphatic rings. The maximum atomic E-state index is 9.56. The third-order valence-electron chi connectivity index (χ3n) is 3.64. The van der Waals surface area contributed by atoms with E-state index in [1.54, 1.807) is 6.20 Å². The fourth-order valence-electron chi connectivity index (χ4n) is 2.33. The number of nitrogens with zero attached hydrogens (tertiary/aromatic N) is 1. The van der Waals surface area contributed by atoms with Crippen molar-refractivity contribution in [3.8, 4) is 5.75 Å². The molecule has 0 saturated heterocycles. The van der Waals surface area contributed by atoms with Crippen LogP contribution in [0.1, 0.15) is 24.5 Å². The number of hydrogen-bond acceptors (Lipinski definition) is 5. The highest BCUT2D eigenvalue weighted by Gasteiger charge is 2.04. The summed E-state index contributed by atoms with van der Waals surface area (Å²) in [6, 6.07) is 11.9. The van der Waals surface area contributed by atoms with Gasteiger partial charge >= 0.3 is 0 Å². The minimum atomic E-state index is -0.688. The summed E-state index contributed by atoms with van der Waals surface area (Å²) in [7, 11) is 0. The summed E-state index contributed by atoms with van der Waals surface area (Å²) in [6.45, 7) is 5.69. The van der Waals surface area contributed by atoms with Crippen LogP contribution in [0.25, 0.3) is 0 Å². The van der Waals surface area contributed by atoms with Crippen molar-refractivity contribution >= 4 is 5.82 Å². The molecule has 0 saturated carbocycles. The molecule has 0 aliphatic carbocycles. The van der Waals surface area contributed by atoms with E-state index in [4.69, 9.17) is 9.47 Å². The Morgan fingerprint density at radius 2 is 2.00 bits per heavy atom. The molecule has 0 spiro atoms. The number of aryl methyl sites for hydroxylation is 2. The predicted octanol–water partition coefficient (Wildman–Crippen LogP) is 3.17. The Balaban J connectivity index is 1.69. The highest BCUT2D eigenvalue weighted by atomic mass is 16.6. The van der Waals surface area contributed by atoms with Crippen LogP contribution in [0.5, 0.6) is 5.75 Å². The minimum Gasteiger partial charge on any atom is -0.492 e. The van der Waals surface area contributed by atoms with Gasteiger partial charge in [-0.25, -0.2) is 4.98 Å². The van der Waals surface area contributed by atoms with Gasteiger partial charge in [0.1, 0.15) is 18.2 Å². The lowest BCUT2D eigenvalue weighted by atomic mass is 10.1. The Morgan fingerprint density at radius 3 is 2.71 bits per heavy atom. The number of pyridine rings is 1. The van der Waals surface area contributed by atoms with E-state index in [0.29, 0.717) is 26.2 Å². The number of rotatable bonds is 10. The largest absolute Gasteiger partial charge is 0.492 e. The van der Waals surface area contributed by atoms with E-state index >= 15 is 0 Å². The first-order valence-corrected chi connectivity index (χ1v) is 8.36. The molecule has 0 bridgehead atoms. The molecule has 130 valence electrons. The average Bonchev–Trinajstić information content (AvgIpc) is 2.59. The maximum absolute atomic E-state index is 9.56. The first-order chi connectivity index (χ1) is 11.7. The fourth-order valence-corrected chi connectivity index (χ4v) is 2.33. The molecule has 0 radical (unpaired) electrons. The van der Waals surface area contributed by atoms with Crippen molar-refractivity contribution in [2.24, 2.45) is 0 Å². The Labute approximate surface area is 143 Å². The first kappa shape index (κ1) is 18.2. The van der Waals surface area contributed by atoms with Crippen molar-refractivity contribution in [1.82, 2.24) is 4.98 Å². The molecule has 1 aromatic heterocycles. The first-order valence-electron chi connectivity index (χ1n) is 8.36. The summed E-state index contributed by atoms with van der Waals surface area (Å²) in [6.07, 6.45) is 2.47. The van der Waals surface area contributed by atoms with Gasteiger partial charge in [0.25, 0.3) is 0 Å². The SMILES string of the molecule is CCOC(O)CCc1ccc(OCCNc2ncccc2C)cc1. The Kier molecular flexibility index (Phi) is 7.52. The fraction of sp³-hybridized carbons (Fsp3) is 0.421. The number of benzene rings is 1. The standard InChI is InChI=1S/C19H26N2O3/c1-3-23-18(22)11-8-16-6-9-17(10-7-16)24-14-13-21-19-15(2)5-4-12-20-19/h4-7,9-10,12,18,22H,3,8,11,13-14H2,1-2H3,(H,20,21). The van der Waals surface area contributed by atoms with E-state index in [0.717, 1.165) is 29.1 Å². The van der Waals surface area contributed by atoms with Crippen molar-refractivity contribution < 1.29 is 14.6 Å². The molecule has 5 nitrogen and oxygen atoms in total. The lowest BCUT2D eigenvalue weighted by molar-refractivity contribution is -0.0980. The summed E-state index contributed by atoms with van der Waals surface area (Å²) in [5.74, 6) is 1.73. The van der Waals surface area contributed by atoms with Gasteiger partial charge in [-0.15, -0.1) is 0 Å². The van der Waals surface area contributed by atoms with Crippen LogP contribution in [0.4, 0.5) is 5.82 Å². The molecule has 1 heterocycles. The number of ether oxygens (including phenoxy) is 2. The quantitative estimate of drug-likeness (QED) is 0.517. The van der Waals surface area contributed by atoms with Gasteiger partial charge in [-0.3, -0.25) is 0 Å². The van der Waals surface area contributed by atoms with E-state index in [1.807, 2.05) is 50.2 Å². The monoisotopic (exact) mass is 330 g/mol. The zero-order valence-electron chi connectivity index (χ0n) is 14.4. The lowest BCUT2D eigenvalue weighted by Crippen LogP contribution is -2.13. The molecule has 1 atom stereocenters. The van der Waals surface area contributed by atoms with Crippen LogP contribution >= 0.6 is 0 Å². The van der Waals surface area contributed by atoms with Gasteiger partial charge in [0.15, 0.2) is 6.29 Å². The molecule has 24 heavy (non-hydrogen) atoms. The normalized spacial score (nSPS) is 12.0. The number of aromatic nitrogens is 1. The molecule has 2 aromatic rings. The second-order valence-corrected chi connectivity index (χ2v) is 5.54. The highest BCUT2D eigenvalue weighted by Crippen LogP contribution is 2.14. The van der Waals surface area contributed by atoms with Crippen LogP contribution in [0.2, 0.25) is 0 Å². The Bertz CT molecular complexity index is 602. The molecule has 0 amide bonds. The number of nitrogens with one attached hydrogen (secondary N) is 1. The summed E-state index contributed by atoms with van der Waals surface area (Å²) < 4.78 is 10.8. The van der Waals surface area contributed by atoms with Gasteiger partial charge in [0.2, 0.25) is 0 Å². The molecule has 0 fully saturated rings.